The van der Waals surface area contributed by atoms with Gasteiger partial charge in [0.2, 0.25) is 5.82 Å². The number of rotatable bonds is 3. The molecule has 0 aliphatic rings. The molecule has 0 aliphatic carbocycles. The first-order valence-electron chi connectivity index (χ1n) is 6.19. The molecule has 10 heteroatoms. The SMILES string of the molecule is Cn1c(C(F)(F)F)nn(CCNC(=O)NC(C)(C)C)c1=O. The van der Waals surface area contributed by atoms with Crippen LogP contribution in [0.2, 0.25) is 0 Å². The fourth-order valence-corrected chi connectivity index (χ4v) is 1.54. The van der Waals surface area contributed by atoms with Crippen LogP contribution >= 0.6 is 0 Å². The van der Waals surface area contributed by atoms with E-state index in [1.165, 1.54) is 0 Å². The first-order valence-corrected chi connectivity index (χ1v) is 6.19. The molecule has 0 aromatic carbocycles. The zero-order valence-electron chi connectivity index (χ0n) is 12.2. The van der Waals surface area contributed by atoms with E-state index in [0.717, 1.165) is 7.05 Å². The van der Waals surface area contributed by atoms with E-state index in [-0.39, 0.29) is 13.1 Å². The molecule has 0 bridgehead atoms. The fraction of sp³-hybridized carbons (Fsp3) is 0.727. The predicted octanol–water partition coefficient (Wildman–Crippen LogP) is 0.698. The molecule has 0 saturated heterocycles. The van der Waals surface area contributed by atoms with Gasteiger partial charge in [-0.1, -0.05) is 0 Å². The second-order valence-corrected chi connectivity index (χ2v) is 5.52. The van der Waals surface area contributed by atoms with E-state index in [9.17, 15) is 22.8 Å². The van der Waals surface area contributed by atoms with E-state index in [1.54, 1.807) is 20.8 Å². The molecule has 0 atom stereocenters. The number of hydrogen-bond acceptors (Lipinski definition) is 3. The number of nitrogens with one attached hydrogen (secondary N) is 2. The summed E-state index contributed by atoms with van der Waals surface area (Å²) in [5.74, 6) is -1.27. The van der Waals surface area contributed by atoms with Crippen LogP contribution in [0.4, 0.5) is 18.0 Å². The van der Waals surface area contributed by atoms with Gasteiger partial charge in [0, 0.05) is 19.1 Å². The van der Waals surface area contributed by atoms with Gasteiger partial charge in [-0.2, -0.15) is 13.2 Å². The number of halogens is 3. The van der Waals surface area contributed by atoms with Gasteiger partial charge in [0.05, 0.1) is 6.54 Å². The maximum atomic E-state index is 12.6. The number of aromatic nitrogens is 3. The van der Waals surface area contributed by atoms with Gasteiger partial charge in [0.15, 0.2) is 0 Å². The minimum absolute atomic E-state index is 0.0177. The number of carbonyl (C=O) groups excluding carboxylic acids is 1. The van der Waals surface area contributed by atoms with E-state index < -0.39 is 29.3 Å². The summed E-state index contributed by atoms with van der Waals surface area (Å²) in [5, 5.41) is 8.28. The molecule has 0 aliphatic heterocycles. The number of amides is 2. The largest absolute Gasteiger partial charge is 0.451 e. The van der Waals surface area contributed by atoms with Crippen molar-refractivity contribution < 1.29 is 18.0 Å². The monoisotopic (exact) mass is 309 g/mol. The molecule has 1 rings (SSSR count). The maximum absolute atomic E-state index is 12.6. The standard InChI is InChI=1S/C11H18F3N5O2/c1-10(2,3)16-8(20)15-5-6-19-9(21)18(4)7(17-19)11(12,13)14/h5-6H2,1-4H3,(H2,15,16,20). The molecule has 2 amide bonds. The topological polar surface area (TPSA) is 81.0 Å². The number of carbonyl (C=O) groups is 1. The first-order chi connectivity index (χ1) is 9.42. The molecule has 0 spiro atoms. The summed E-state index contributed by atoms with van der Waals surface area (Å²) >= 11 is 0. The predicted molar refractivity (Wildman–Crippen MR) is 68.8 cm³/mol. The number of hydrogen-bond donors (Lipinski definition) is 2. The molecule has 1 aromatic heterocycles. The molecule has 2 N–H and O–H groups in total. The summed E-state index contributed by atoms with van der Waals surface area (Å²) in [7, 11) is 0.994. The van der Waals surface area contributed by atoms with E-state index in [4.69, 9.17) is 0 Å². The van der Waals surface area contributed by atoms with Gasteiger partial charge in [-0.15, -0.1) is 5.10 Å². The summed E-state index contributed by atoms with van der Waals surface area (Å²) in [6, 6.07) is -0.470. The molecule has 0 fully saturated rings. The Hall–Kier alpha value is -2.00. The lowest BCUT2D eigenvalue weighted by Gasteiger charge is -2.20. The lowest BCUT2D eigenvalue weighted by atomic mass is 10.1. The van der Waals surface area contributed by atoms with Crippen molar-refractivity contribution in [3.8, 4) is 0 Å². The highest BCUT2D eigenvalue weighted by molar-refractivity contribution is 5.74. The van der Waals surface area contributed by atoms with Gasteiger partial charge in [0.1, 0.15) is 0 Å². The Balaban J connectivity index is 2.66. The van der Waals surface area contributed by atoms with Crippen molar-refractivity contribution in [1.82, 2.24) is 25.0 Å². The van der Waals surface area contributed by atoms with Crippen LogP contribution in [0.3, 0.4) is 0 Å². The average molecular weight is 309 g/mol. The molecule has 120 valence electrons. The zero-order valence-corrected chi connectivity index (χ0v) is 12.2. The van der Waals surface area contributed by atoms with Gasteiger partial charge in [-0.25, -0.2) is 14.3 Å². The Morgan fingerprint density at radius 2 is 1.86 bits per heavy atom. The van der Waals surface area contributed by atoms with Crippen molar-refractivity contribution in [3.63, 3.8) is 0 Å². The Labute approximate surface area is 119 Å². The fourth-order valence-electron chi connectivity index (χ4n) is 1.54. The van der Waals surface area contributed by atoms with E-state index >= 15 is 0 Å². The number of nitrogens with zero attached hydrogens (tertiary/aromatic N) is 3. The van der Waals surface area contributed by atoms with Crippen LogP contribution in [0.15, 0.2) is 4.79 Å². The number of alkyl halides is 3. The Bertz CT molecular complexity index is 568. The van der Waals surface area contributed by atoms with E-state index in [0.29, 0.717) is 9.25 Å². The lowest BCUT2D eigenvalue weighted by Crippen LogP contribution is -2.47. The van der Waals surface area contributed by atoms with Crippen molar-refractivity contribution in [3.05, 3.63) is 16.3 Å². The molecule has 21 heavy (non-hydrogen) atoms. The van der Waals surface area contributed by atoms with Gasteiger partial charge in [-0.3, -0.25) is 4.57 Å². The van der Waals surface area contributed by atoms with Gasteiger partial charge in [0.25, 0.3) is 0 Å². The van der Waals surface area contributed by atoms with Crippen molar-refractivity contribution in [2.24, 2.45) is 7.05 Å². The first kappa shape index (κ1) is 17.1. The van der Waals surface area contributed by atoms with Gasteiger partial charge < -0.3 is 10.6 Å². The molecule has 0 unspecified atom stereocenters. The van der Waals surface area contributed by atoms with Crippen LogP contribution in [-0.4, -0.2) is 32.5 Å². The quantitative estimate of drug-likeness (QED) is 0.862. The summed E-state index contributed by atoms with van der Waals surface area (Å²) in [6.07, 6.45) is -4.70. The Morgan fingerprint density at radius 3 is 2.29 bits per heavy atom. The van der Waals surface area contributed by atoms with Crippen molar-refractivity contribution in [1.29, 1.82) is 0 Å². The summed E-state index contributed by atoms with van der Waals surface area (Å²) in [6.45, 7) is 5.18. The maximum Gasteiger partial charge on any atom is 0.451 e. The molecule has 0 saturated carbocycles. The highest BCUT2D eigenvalue weighted by Gasteiger charge is 2.37. The van der Waals surface area contributed by atoms with Crippen molar-refractivity contribution in [2.45, 2.75) is 39.0 Å². The highest BCUT2D eigenvalue weighted by Crippen LogP contribution is 2.25. The van der Waals surface area contributed by atoms with Crippen LogP contribution in [0, 0.1) is 0 Å². The summed E-state index contributed by atoms with van der Waals surface area (Å²) in [5.41, 5.74) is -1.32. The van der Waals surface area contributed by atoms with E-state index in [1.807, 2.05) is 0 Å². The van der Waals surface area contributed by atoms with Crippen LogP contribution < -0.4 is 16.3 Å². The third-order valence-corrected chi connectivity index (χ3v) is 2.39. The van der Waals surface area contributed by atoms with Crippen LogP contribution in [0.25, 0.3) is 0 Å². The molecule has 1 heterocycles. The van der Waals surface area contributed by atoms with Crippen molar-refractivity contribution >= 4 is 6.03 Å². The Morgan fingerprint density at radius 1 is 1.29 bits per heavy atom. The zero-order chi connectivity index (χ0) is 16.4. The minimum atomic E-state index is -4.70. The van der Waals surface area contributed by atoms with Gasteiger partial charge >= 0.3 is 17.9 Å². The summed E-state index contributed by atoms with van der Waals surface area (Å²) < 4.78 is 38.8. The van der Waals surface area contributed by atoms with Gasteiger partial charge in [-0.05, 0) is 20.8 Å². The van der Waals surface area contributed by atoms with Crippen LogP contribution in [-0.2, 0) is 19.8 Å². The molecule has 1 aromatic rings. The third-order valence-electron chi connectivity index (χ3n) is 2.39. The lowest BCUT2D eigenvalue weighted by molar-refractivity contribution is -0.147. The van der Waals surface area contributed by atoms with Crippen LogP contribution in [0.1, 0.15) is 26.6 Å². The van der Waals surface area contributed by atoms with E-state index in [2.05, 4.69) is 15.7 Å². The number of urea groups is 1. The smallest absolute Gasteiger partial charge is 0.336 e. The van der Waals surface area contributed by atoms with Crippen LogP contribution in [0.5, 0.6) is 0 Å². The second-order valence-electron chi connectivity index (χ2n) is 5.52. The highest BCUT2D eigenvalue weighted by atomic mass is 19.4. The summed E-state index contributed by atoms with van der Waals surface area (Å²) in [4.78, 5) is 23.0. The molecule has 7 nitrogen and oxygen atoms in total. The Kier molecular flexibility index (Phi) is 4.69. The normalized spacial score (nSPS) is 12.3. The van der Waals surface area contributed by atoms with Crippen molar-refractivity contribution in [2.75, 3.05) is 6.54 Å². The molecular formula is C11H18F3N5O2. The third kappa shape index (κ3) is 4.80. The molecular weight excluding hydrogens is 291 g/mol. The average Bonchev–Trinajstić information content (AvgIpc) is 2.54. The minimum Gasteiger partial charge on any atom is -0.336 e. The molecule has 0 radical (unpaired) electrons. The second kappa shape index (κ2) is 5.78.